The van der Waals surface area contributed by atoms with Crippen LogP contribution < -0.4 is 5.32 Å². The normalized spacial score (nSPS) is 18.0. The zero-order chi connectivity index (χ0) is 13.3. The van der Waals surface area contributed by atoms with Gasteiger partial charge in [0.2, 0.25) is 0 Å². The standard InChI is InChI=1S/C12H13ClFIN2O.ClH/c1-17(7-2-3-16-6-7)12(18)8-4-11(15)10(14)5-9(8)13;/h4-5,7,16H,2-3,6H2,1H3;1H/t7-;/m0./s1. The number of carbonyl (C=O) groups is 1. The molecule has 3 nitrogen and oxygen atoms in total. The summed E-state index contributed by atoms with van der Waals surface area (Å²) in [4.78, 5) is 14.0. The van der Waals surface area contributed by atoms with Crippen molar-refractivity contribution in [3.8, 4) is 0 Å². The van der Waals surface area contributed by atoms with Gasteiger partial charge in [0.15, 0.2) is 0 Å². The van der Waals surface area contributed by atoms with Gasteiger partial charge in [-0.25, -0.2) is 4.39 Å². The topological polar surface area (TPSA) is 32.3 Å². The summed E-state index contributed by atoms with van der Waals surface area (Å²) in [6.45, 7) is 1.70. The highest BCUT2D eigenvalue weighted by molar-refractivity contribution is 14.1. The molecule has 1 aromatic rings. The smallest absolute Gasteiger partial charge is 0.255 e. The van der Waals surface area contributed by atoms with Crippen molar-refractivity contribution < 1.29 is 9.18 Å². The van der Waals surface area contributed by atoms with E-state index in [1.54, 1.807) is 11.9 Å². The van der Waals surface area contributed by atoms with Crippen LogP contribution in [-0.4, -0.2) is 37.0 Å². The van der Waals surface area contributed by atoms with E-state index in [1.807, 2.05) is 22.6 Å². The van der Waals surface area contributed by atoms with Gasteiger partial charge in [-0.05, 0) is 47.7 Å². The van der Waals surface area contributed by atoms with Crippen molar-refractivity contribution >= 4 is 52.5 Å². The second kappa shape index (κ2) is 7.06. The first-order chi connectivity index (χ1) is 8.50. The number of nitrogens with one attached hydrogen (secondary N) is 1. The molecule has 1 amide bonds. The predicted octanol–water partition coefficient (Wildman–Crippen LogP) is 2.94. The maximum atomic E-state index is 13.3. The molecule has 0 spiro atoms. The number of benzene rings is 1. The van der Waals surface area contributed by atoms with Crippen molar-refractivity contribution in [3.05, 3.63) is 32.1 Å². The Labute approximate surface area is 136 Å². The summed E-state index contributed by atoms with van der Waals surface area (Å²) in [5, 5.41) is 3.37. The van der Waals surface area contributed by atoms with E-state index in [9.17, 15) is 9.18 Å². The van der Waals surface area contributed by atoms with Crippen molar-refractivity contribution in [1.82, 2.24) is 10.2 Å². The number of hydrogen-bond acceptors (Lipinski definition) is 2. The molecular weight excluding hydrogens is 405 g/mol. The van der Waals surface area contributed by atoms with E-state index in [0.717, 1.165) is 19.5 Å². The van der Waals surface area contributed by atoms with E-state index in [0.29, 0.717) is 9.13 Å². The van der Waals surface area contributed by atoms with Crippen molar-refractivity contribution in [2.75, 3.05) is 20.1 Å². The molecule has 7 heteroatoms. The van der Waals surface area contributed by atoms with E-state index >= 15 is 0 Å². The maximum absolute atomic E-state index is 13.3. The fourth-order valence-electron chi connectivity index (χ4n) is 2.01. The number of hydrogen-bond donors (Lipinski definition) is 1. The Kier molecular flexibility index (Phi) is 6.29. The van der Waals surface area contributed by atoms with Gasteiger partial charge in [0.25, 0.3) is 5.91 Å². The molecule has 0 aromatic heterocycles. The summed E-state index contributed by atoms with van der Waals surface area (Å²) < 4.78 is 13.7. The molecule has 0 bridgehead atoms. The van der Waals surface area contributed by atoms with E-state index < -0.39 is 5.82 Å². The van der Waals surface area contributed by atoms with Crippen LogP contribution in [0.3, 0.4) is 0 Å². The molecule has 1 aliphatic heterocycles. The largest absolute Gasteiger partial charge is 0.337 e. The first-order valence-corrected chi connectivity index (χ1v) is 7.09. The van der Waals surface area contributed by atoms with E-state index in [-0.39, 0.29) is 29.4 Å². The molecule has 2 rings (SSSR count). The van der Waals surface area contributed by atoms with Gasteiger partial charge in [0, 0.05) is 23.2 Å². The number of rotatable bonds is 2. The Morgan fingerprint density at radius 2 is 2.26 bits per heavy atom. The van der Waals surface area contributed by atoms with Gasteiger partial charge in [0.1, 0.15) is 5.82 Å². The van der Waals surface area contributed by atoms with Crippen LogP contribution in [0.4, 0.5) is 4.39 Å². The molecule has 1 saturated heterocycles. The fourth-order valence-corrected chi connectivity index (χ4v) is 2.71. The highest BCUT2D eigenvalue weighted by Crippen LogP contribution is 2.24. The molecule has 0 unspecified atom stereocenters. The van der Waals surface area contributed by atoms with Crippen molar-refractivity contribution in [3.63, 3.8) is 0 Å². The molecule has 0 aliphatic carbocycles. The van der Waals surface area contributed by atoms with Gasteiger partial charge in [-0.2, -0.15) is 0 Å². The predicted molar refractivity (Wildman–Crippen MR) is 84.7 cm³/mol. The lowest BCUT2D eigenvalue weighted by atomic mass is 10.1. The molecule has 1 atom stereocenters. The molecule has 106 valence electrons. The summed E-state index contributed by atoms with van der Waals surface area (Å²) >= 11 is 7.80. The molecule has 0 radical (unpaired) electrons. The van der Waals surface area contributed by atoms with Crippen LogP contribution >= 0.6 is 46.6 Å². The highest BCUT2D eigenvalue weighted by atomic mass is 127. The molecule has 1 aromatic carbocycles. The SMILES string of the molecule is CN(C(=O)c1cc(I)c(F)cc1Cl)[C@H]1CCNC1.Cl. The third-order valence-corrected chi connectivity index (χ3v) is 4.28. The number of carbonyl (C=O) groups excluding carboxylic acids is 1. The van der Waals surface area contributed by atoms with Gasteiger partial charge < -0.3 is 10.2 Å². The first kappa shape index (κ1) is 16.9. The van der Waals surface area contributed by atoms with Crippen molar-refractivity contribution in [2.45, 2.75) is 12.5 Å². The van der Waals surface area contributed by atoms with Gasteiger partial charge in [-0.15, -0.1) is 12.4 Å². The maximum Gasteiger partial charge on any atom is 0.255 e. The molecule has 1 heterocycles. The Morgan fingerprint density at radius 1 is 1.58 bits per heavy atom. The van der Waals surface area contributed by atoms with Crippen LogP contribution in [-0.2, 0) is 0 Å². The Hall–Kier alpha value is -0.110. The second-order valence-corrected chi connectivity index (χ2v) is 5.88. The van der Waals surface area contributed by atoms with Crippen molar-refractivity contribution in [2.24, 2.45) is 0 Å². The Morgan fingerprint density at radius 3 is 2.84 bits per heavy atom. The minimum absolute atomic E-state index is 0. The average molecular weight is 419 g/mol. The monoisotopic (exact) mass is 418 g/mol. The molecule has 0 saturated carbocycles. The summed E-state index contributed by atoms with van der Waals surface area (Å²) in [6.07, 6.45) is 0.929. The zero-order valence-electron chi connectivity index (χ0n) is 10.3. The summed E-state index contributed by atoms with van der Waals surface area (Å²) in [7, 11) is 1.76. The Bertz CT molecular complexity index is 481. The number of amides is 1. The lowest BCUT2D eigenvalue weighted by Crippen LogP contribution is -2.38. The molecule has 1 N–H and O–H groups in total. The van der Waals surface area contributed by atoms with Crippen LogP contribution in [0, 0.1) is 9.39 Å². The quantitative estimate of drug-likeness (QED) is 0.591. The zero-order valence-corrected chi connectivity index (χ0v) is 14.0. The first-order valence-electron chi connectivity index (χ1n) is 5.63. The van der Waals surface area contributed by atoms with Gasteiger partial charge in [-0.3, -0.25) is 4.79 Å². The van der Waals surface area contributed by atoms with Gasteiger partial charge in [0.05, 0.1) is 10.6 Å². The third kappa shape index (κ3) is 3.71. The number of likely N-dealkylation sites (N-methyl/N-ethyl adjacent to an activating group) is 1. The highest BCUT2D eigenvalue weighted by Gasteiger charge is 2.25. The van der Waals surface area contributed by atoms with E-state index in [2.05, 4.69) is 5.32 Å². The van der Waals surface area contributed by atoms with E-state index in [4.69, 9.17) is 11.6 Å². The number of halogens is 4. The van der Waals surface area contributed by atoms with Gasteiger partial charge in [-0.1, -0.05) is 11.6 Å². The van der Waals surface area contributed by atoms with Crippen LogP contribution in [0.5, 0.6) is 0 Å². The second-order valence-electron chi connectivity index (χ2n) is 4.31. The minimum atomic E-state index is -0.401. The lowest BCUT2D eigenvalue weighted by molar-refractivity contribution is 0.0744. The minimum Gasteiger partial charge on any atom is -0.337 e. The summed E-state index contributed by atoms with van der Waals surface area (Å²) in [5.41, 5.74) is 0.358. The Balaban J connectivity index is 0.00000180. The molecule has 19 heavy (non-hydrogen) atoms. The van der Waals surface area contributed by atoms with E-state index in [1.165, 1.54) is 12.1 Å². The molecule has 1 aliphatic rings. The molecule has 1 fully saturated rings. The third-order valence-electron chi connectivity index (χ3n) is 3.14. The van der Waals surface area contributed by atoms with Crippen LogP contribution in [0.15, 0.2) is 12.1 Å². The number of nitrogens with zero attached hydrogens (tertiary/aromatic N) is 1. The molecular formula is C12H14Cl2FIN2O. The van der Waals surface area contributed by atoms with Crippen LogP contribution in [0.2, 0.25) is 5.02 Å². The van der Waals surface area contributed by atoms with Crippen LogP contribution in [0.25, 0.3) is 0 Å². The summed E-state index contributed by atoms with van der Waals surface area (Å²) in [6, 6.07) is 2.87. The van der Waals surface area contributed by atoms with Crippen LogP contribution in [0.1, 0.15) is 16.8 Å². The van der Waals surface area contributed by atoms with Crippen molar-refractivity contribution in [1.29, 1.82) is 0 Å². The average Bonchev–Trinajstić information content (AvgIpc) is 2.85. The summed E-state index contributed by atoms with van der Waals surface area (Å²) in [5.74, 6) is -0.561. The fraction of sp³-hybridized carbons (Fsp3) is 0.417. The van der Waals surface area contributed by atoms with Gasteiger partial charge >= 0.3 is 0 Å². The lowest BCUT2D eigenvalue weighted by Gasteiger charge is -2.24.